The van der Waals surface area contributed by atoms with Gasteiger partial charge < -0.3 is 9.84 Å². The van der Waals surface area contributed by atoms with Crippen molar-refractivity contribution in [2.75, 3.05) is 7.11 Å². The fourth-order valence-electron chi connectivity index (χ4n) is 3.18. The lowest BCUT2D eigenvalue weighted by Gasteiger charge is -2.15. The minimum atomic E-state index is 0.183. The topological polar surface area (TPSA) is 29.5 Å². The second kappa shape index (κ2) is 5.33. The van der Waals surface area contributed by atoms with Crippen molar-refractivity contribution in [2.45, 2.75) is 0 Å². The highest BCUT2D eigenvalue weighted by Gasteiger charge is 2.16. The number of rotatable bonds is 2. The molecule has 0 aliphatic heterocycles. The first-order valence-electron chi connectivity index (χ1n) is 7.56. The predicted molar refractivity (Wildman–Crippen MR) is 95.1 cm³/mol. The lowest BCUT2D eigenvalue weighted by Crippen LogP contribution is -1.90. The highest BCUT2D eigenvalue weighted by Crippen LogP contribution is 2.44. The van der Waals surface area contributed by atoms with E-state index in [1.807, 2.05) is 54.6 Å². The highest BCUT2D eigenvalue weighted by atomic mass is 16.5. The van der Waals surface area contributed by atoms with Crippen molar-refractivity contribution in [3.05, 3.63) is 72.8 Å². The second-order valence-corrected chi connectivity index (χ2v) is 5.55. The highest BCUT2D eigenvalue weighted by molar-refractivity contribution is 6.08. The largest absolute Gasteiger partial charge is 0.504 e. The van der Waals surface area contributed by atoms with Crippen LogP contribution in [0.25, 0.3) is 32.7 Å². The van der Waals surface area contributed by atoms with Crippen molar-refractivity contribution < 1.29 is 9.84 Å². The molecule has 0 fully saturated rings. The Morgan fingerprint density at radius 1 is 0.739 bits per heavy atom. The third-order valence-corrected chi connectivity index (χ3v) is 4.27. The molecule has 0 aromatic heterocycles. The third kappa shape index (κ3) is 2.11. The Morgan fingerprint density at radius 3 is 2.17 bits per heavy atom. The van der Waals surface area contributed by atoms with Crippen molar-refractivity contribution >= 4 is 21.5 Å². The maximum Gasteiger partial charge on any atom is 0.166 e. The van der Waals surface area contributed by atoms with Crippen LogP contribution in [0.1, 0.15) is 0 Å². The standard InChI is InChI=1S/C21H16O2/c1-23-19-13-15-8-3-5-11-17(15)20(21(19)22)18-12-6-9-14-7-2-4-10-16(14)18/h2-13,22H,1H3. The molecule has 0 aliphatic carbocycles. The van der Waals surface area contributed by atoms with Gasteiger partial charge in [-0.3, -0.25) is 0 Å². The van der Waals surface area contributed by atoms with Gasteiger partial charge in [0, 0.05) is 5.56 Å². The first-order chi connectivity index (χ1) is 11.3. The van der Waals surface area contributed by atoms with Crippen LogP contribution in [0.2, 0.25) is 0 Å². The average molecular weight is 300 g/mol. The molecule has 0 saturated carbocycles. The number of benzene rings is 4. The van der Waals surface area contributed by atoms with E-state index >= 15 is 0 Å². The Morgan fingerprint density at radius 2 is 1.39 bits per heavy atom. The number of ether oxygens (including phenoxy) is 1. The number of fused-ring (bicyclic) bond motifs is 2. The van der Waals surface area contributed by atoms with Crippen LogP contribution < -0.4 is 4.74 Å². The van der Waals surface area contributed by atoms with Gasteiger partial charge in [-0.25, -0.2) is 0 Å². The monoisotopic (exact) mass is 300 g/mol. The number of phenolic OH excluding ortho intramolecular Hbond substituents is 1. The summed E-state index contributed by atoms with van der Waals surface area (Å²) in [6.07, 6.45) is 0. The van der Waals surface area contributed by atoms with Crippen LogP contribution in [0.4, 0.5) is 0 Å². The second-order valence-electron chi connectivity index (χ2n) is 5.55. The summed E-state index contributed by atoms with van der Waals surface area (Å²) < 4.78 is 5.38. The van der Waals surface area contributed by atoms with Gasteiger partial charge in [-0.1, -0.05) is 66.7 Å². The van der Waals surface area contributed by atoms with Crippen molar-refractivity contribution in [3.63, 3.8) is 0 Å². The van der Waals surface area contributed by atoms with Gasteiger partial charge in [0.05, 0.1) is 7.11 Å². The summed E-state index contributed by atoms with van der Waals surface area (Å²) in [7, 11) is 1.58. The van der Waals surface area contributed by atoms with E-state index in [1.54, 1.807) is 7.11 Å². The van der Waals surface area contributed by atoms with Crippen molar-refractivity contribution in [3.8, 4) is 22.6 Å². The number of hydrogen-bond acceptors (Lipinski definition) is 2. The summed E-state index contributed by atoms with van der Waals surface area (Å²) in [5.41, 5.74) is 1.83. The lowest BCUT2D eigenvalue weighted by molar-refractivity contribution is 0.375. The molecule has 1 N–H and O–H groups in total. The van der Waals surface area contributed by atoms with Crippen molar-refractivity contribution in [1.29, 1.82) is 0 Å². The van der Waals surface area contributed by atoms with Crippen LogP contribution in [0.5, 0.6) is 11.5 Å². The van der Waals surface area contributed by atoms with E-state index in [0.717, 1.165) is 32.7 Å². The van der Waals surface area contributed by atoms with E-state index in [0.29, 0.717) is 5.75 Å². The van der Waals surface area contributed by atoms with E-state index in [2.05, 4.69) is 18.2 Å². The van der Waals surface area contributed by atoms with E-state index in [4.69, 9.17) is 4.74 Å². The van der Waals surface area contributed by atoms with E-state index < -0.39 is 0 Å². The first kappa shape index (κ1) is 13.6. The summed E-state index contributed by atoms with van der Waals surface area (Å²) in [6, 6.07) is 24.3. The lowest BCUT2D eigenvalue weighted by atomic mass is 9.93. The number of phenols is 1. The van der Waals surface area contributed by atoms with Gasteiger partial charge in [-0.15, -0.1) is 0 Å². The van der Waals surface area contributed by atoms with Gasteiger partial charge in [0.1, 0.15) is 0 Å². The van der Waals surface area contributed by atoms with Crippen molar-refractivity contribution in [2.24, 2.45) is 0 Å². The molecule has 0 aliphatic rings. The molecule has 0 atom stereocenters. The fourth-order valence-corrected chi connectivity index (χ4v) is 3.18. The zero-order valence-electron chi connectivity index (χ0n) is 12.8. The third-order valence-electron chi connectivity index (χ3n) is 4.27. The summed E-state index contributed by atoms with van der Waals surface area (Å²) in [5, 5.41) is 15.1. The zero-order valence-corrected chi connectivity index (χ0v) is 12.8. The Hall–Kier alpha value is -3.00. The van der Waals surface area contributed by atoms with Crippen LogP contribution in [0.15, 0.2) is 72.8 Å². The average Bonchev–Trinajstić information content (AvgIpc) is 2.61. The van der Waals surface area contributed by atoms with Crippen LogP contribution in [-0.2, 0) is 0 Å². The van der Waals surface area contributed by atoms with Gasteiger partial charge in [-0.2, -0.15) is 0 Å². The Balaban J connectivity index is 2.18. The minimum absolute atomic E-state index is 0.183. The maximum absolute atomic E-state index is 10.8. The Labute approximate surface area is 134 Å². The van der Waals surface area contributed by atoms with Crippen molar-refractivity contribution in [1.82, 2.24) is 0 Å². The minimum Gasteiger partial charge on any atom is -0.504 e. The molecule has 0 heterocycles. The Kier molecular flexibility index (Phi) is 3.16. The summed E-state index contributed by atoms with van der Waals surface area (Å²) >= 11 is 0. The quantitative estimate of drug-likeness (QED) is 0.539. The Bertz CT molecular complexity index is 1010. The molecule has 0 radical (unpaired) electrons. The van der Waals surface area contributed by atoms with Gasteiger partial charge in [0.25, 0.3) is 0 Å². The van der Waals surface area contributed by atoms with Gasteiger partial charge in [0.2, 0.25) is 0 Å². The maximum atomic E-state index is 10.8. The molecule has 0 amide bonds. The van der Waals surface area contributed by atoms with Crippen LogP contribution in [-0.4, -0.2) is 12.2 Å². The van der Waals surface area contributed by atoms with Crippen LogP contribution >= 0.6 is 0 Å². The summed E-state index contributed by atoms with van der Waals surface area (Å²) in [5.74, 6) is 0.675. The van der Waals surface area contributed by atoms with Gasteiger partial charge in [-0.05, 0) is 33.2 Å². The molecule has 0 saturated heterocycles. The number of methoxy groups -OCH3 is 1. The first-order valence-corrected chi connectivity index (χ1v) is 7.56. The molecule has 0 bridgehead atoms. The summed E-state index contributed by atoms with van der Waals surface area (Å²) in [6.45, 7) is 0. The predicted octanol–water partition coefficient (Wildman–Crippen LogP) is 5.37. The number of aromatic hydroxyl groups is 1. The number of hydrogen-bond donors (Lipinski definition) is 1. The van der Waals surface area contributed by atoms with Crippen LogP contribution in [0, 0.1) is 0 Å². The van der Waals surface area contributed by atoms with E-state index in [1.165, 1.54) is 0 Å². The molecule has 2 nitrogen and oxygen atoms in total. The molecule has 0 unspecified atom stereocenters. The van der Waals surface area contributed by atoms with E-state index in [-0.39, 0.29) is 5.75 Å². The zero-order chi connectivity index (χ0) is 15.8. The molecule has 4 aromatic carbocycles. The van der Waals surface area contributed by atoms with Gasteiger partial charge >= 0.3 is 0 Å². The molecule has 2 heteroatoms. The molecule has 4 aromatic rings. The van der Waals surface area contributed by atoms with Crippen LogP contribution in [0.3, 0.4) is 0 Å². The smallest absolute Gasteiger partial charge is 0.166 e. The molecule has 112 valence electrons. The molecule has 4 rings (SSSR count). The fraction of sp³-hybridized carbons (Fsp3) is 0.0476. The molecular formula is C21H16O2. The van der Waals surface area contributed by atoms with E-state index in [9.17, 15) is 5.11 Å². The van der Waals surface area contributed by atoms with Gasteiger partial charge in [0.15, 0.2) is 11.5 Å². The molecule has 23 heavy (non-hydrogen) atoms. The summed E-state index contributed by atoms with van der Waals surface area (Å²) in [4.78, 5) is 0. The SMILES string of the molecule is COc1cc2ccccc2c(-c2cccc3ccccc23)c1O. The molecule has 0 spiro atoms. The molecular weight excluding hydrogens is 284 g/mol. The normalized spacial score (nSPS) is 11.0.